The quantitative estimate of drug-likeness (QED) is 0.748. The van der Waals surface area contributed by atoms with Gasteiger partial charge in [-0.3, -0.25) is 4.79 Å². The van der Waals surface area contributed by atoms with E-state index in [1.807, 2.05) is 6.07 Å². The van der Waals surface area contributed by atoms with Crippen LogP contribution in [0.5, 0.6) is 5.75 Å². The fourth-order valence-electron chi connectivity index (χ4n) is 1.68. The van der Waals surface area contributed by atoms with E-state index in [1.165, 1.54) is 6.08 Å². The summed E-state index contributed by atoms with van der Waals surface area (Å²) in [5.74, 6) is 0.108. The Balaban J connectivity index is 2.35. The zero-order chi connectivity index (χ0) is 11.5. The van der Waals surface area contributed by atoms with Gasteiger partial charge in [-0.05, 0) is 30.2 Å². The summed E-state index contributed by atoms with van der Waals surface area (Å²) >= 11 is 0. The molecule has 0 radical (unpaired) electrons. The summed E-state index contributed by atoms with van der Waals surface area (Å²) in [6.07, 6.45) is 5.73. The number of nitrogens with two attached hydrogens (primary N) is 1. The minimum atomic E-state index is -0.579. The van der Waals surface area contributed by atoms with Gasteiger partial charge in [0.1, 0.15) is 5.75 Å². The molecule has 1 aromatic rings. The number of para-hydroxylation sites is 1. The molecule has 1 aliphatic carbocycles. The minimum Gasteiger partial charge on any atom is -0.507 e. The van der Waals surface area contributed by atoms with Gasteiger partial charge in [-0.15, -0.1) is 0 Å². The van der Waals surface area contributed by atoms with Crippen molar-refractivity contribution in [2.24, 2.45) is 5.73 Å². The molecule has 3 nitrogen and oxygen atoms in total. The zero-order valence-corrected chi connectivity index (χ0v) is 8.76. The Labute approximate surface area is 93.9 Å². The second-order valence-corrected chi connectivity index (χ2v) is 3.76. The number of carbonyl (C=O) groups excluding carboxylic acids is 1. The van der Waals surface area contributed by atoms with Gasteiger partial charge >= 0.3 is 0 Å². The lowest BCUT2D eigenvalue weighted by atomic mass is 9.93. The van der Waals surface area contributed by atoms with Crippen LogP contribution in [-0.4, -0.2) is 16.9 Å². The molecular formula is C13H13NO2. The summed E-state index contributed by atoms with van der Waals surface area (Å²) < 4.78 is 0. The van der Waals surface area contributed by atoms with Crippen molar-refractivity contribution in [2.45, 2.75) is 12.5 Å². The van der Waals surface area contributed by atoms with Crippen LogP contribution in [0.25, 0.3) is 6.08 Å². The van der Waals surface area contributed by atoms with E-state index in [2.05, 4.69) is 0 Å². The Hall–Kier alpha value is -1.87. The van der Waals surface area contributed by atoms with Crippen LogP contribution < -0.4 is 5.73 Å². The molecule has 0 amide bonds. The highest BCUT2D eigenvalue weighted by molar-refractivity contribution is 5.98. The fourth-order valence-corrected chi connectivity index (χ4v) is 1.68. The first-order valence-electron chi connectivity index (χ1n) is 5.13. The van der Waals surface area contributed by atoms with Crippen LogP contribution in [0.3, 0.4) is 0 Å². The largest absolute Gasteiger partial charge is 0.507 e. The van der Waals surface area contributed by atoms with Crippen LogP contribution in [-0.2, 0) is 4.79 Å². The van der Waals surface area contributed by atoms with E-state index in [0.29, 0.717) is 12.0 Å². The summed E-state index contributed by atoms with van der Waals surface area (Å²) in [5, 5.41) is 9.60. The van der Waals surface area contributed by atoms with Gasteiger partial charge in [0.25, 0.3) is 0 Å². The zero-order valence-electron chi connectivity index (χ0n) is 8.76. The Morgan fingerprint density at radius 3 is 2.88 bits per heavy atom. The van der Waals surface area contributed by atoms with E-state index < -0.39 is 6.04 Å². The summed E-state index contributed by atoms with van der Waals surface area (Å²) in [7, 11) is 0. The number of hydrogen-bond acceptors (Lipinski definition) is 3. The predicted octanol–water partition coefficient (Wildman–Crippen LogP) is 1.63. The molecule has 1 unspecified atom stereocenters. The number of carbonyl (C=O) groups is 1. The third kappa shape index (κ3) is 2.04. The molecule has 0 saturated heterocycles. The molecule has 0 saturated carbocycles. The molecular weight excluding hydrogens is 202 g/mol. The molecule has 1 aromatic carbocycles. The maximum atomic E-state index is 11.4. The van der Waals surface area contributed by atoms with Crippen molar-refractivity contribution in [3.05, 3.63) is 47.6 Å². The van der Waals surface area contributed by atoms with Gasteiger partial charge in [-0.25, -0.2) is 0 Å². The summed E-state index contributed by atoms with van der Waals surface area (Å²) in [4.78, 5) is 11.4. The average molecular weight is 215 g/mol. The summed E-state index contributed by atoms with van der Waals surface area (Å²) in [6, 6.07) is 6.40. The van der Waals surface area contributed by atoms with Crippen LogP contribution in [0, 0.1) is 0 Å². The van der Waals surface area contributed by atoms with Crippen LogP contribution in [0.1, 0.15) is 12.0 Å². The van der Waals surface area contributed by atoms with Crippen molar-refractivity contribution in [3.63, 3.8) is 0 Å². The second-order valence-electron chi connectivity index (χ2n) is 3.76. The third-order valence-electron chi connectivity index (χ3n) is 2.62. The van der Waals surface area contributed by atoms with Crippen molar-refractivity contribution >= 4 is 11.9 Å². The topological polar surface area (TPSA) is 63.3 Å². The molecule has 0 heterocycles. The molecule has 82 valence electrons. The lowest BCUT2D eigenvalue weighted by Crippen LogP contribution is -2.33. The van der Waals surface area contributed by atoms with E-state index >= 15 is 0 Å². The second kappa shape index (κ2) is 4.33. The molecule has 3 heteroatoms. The van der Waals surface area contributed by atoms with Crippen molar-refractivity contribution in [3.8, 4) is 5.75 Å². The normalized spacial score (nSPS) is 22.7. The molecule has 0 aromatic heterocycles. The number of aromatic hydroxyl groups is 1. The third-order valence-corrected chi connectivity index (χ3v) is 2.62. The molecule has 3 N–H and O–H groups in total. The van der Waals surface area contributed by atoms with Crippen LogP contribution in [0.15, 0.2) is 42.0 Å². The Morgan fingerprint density at radius 2 is 2.12 bits per heavy atom. The number of allylic oxidation sites excluding steroid dienone is 1. The van der Waals surface area contributed by atoms with E-state index in [4.69, 9.17) is 5.73 Å². The number of rotatable bonds is 1. The van der Waals surface area contributed by atoms with Gasteiger partial charge in [-0.2, -0.15) is 0 Å². The maximum Gasteiger partial charge on any atom is 0.176 e. The molecule has 0 spiro atoms. The highest BCUT2D eigenvalue weighted by atomic mass is 16.3. The lowest BCUT2D eigenvalue weighted by molar-refractivity contribution is -0.115. The Morgan fingerprint density at radius 1 is 1.38 bits per heavy atom. The van der Waals surface area contributed by atoms with E-state index in [0.717, 1.165) is 5.57 Å². The fraction of sp³-hybridized carbons (Fsp3) is 0.154. The van der Waals surface area contributed by atoms with Gasteiger partial charge in [-0.1, -0.05) is 24.3 Å². The molecule has 2 rings (SSSR count). The summed E-state index contributed by atoms with van der Waals surface area (Å²) in [5.41, 5.74) is 7.29. The molecule has 0 aliphatic heterocycles. The Bertz CT molecular complexity index is 475. The minimum absolute atomic E-state index is 0.0899. The van der Waals surface area contributed by atoms with Crippen LogP contribution in [0.2, 0.25) is 0 Å². The average Bonchev–Trinajstić information content (AvgIpc) is 2.28. The molecule has 16 heavy (non-hydrogen) atoms. The van der Waals surface area contributed by atoms with Gasteiger partial charge in [0, 0.05) is 5.56 Å². The molecule has 0 fully saturated rings. The number of phenols is 1. The number of benzene rings is 1. The first-order chi connectivity index (χ1) is 7.68. The van der Waals surface area contributed by atoms with Crippen molar-refractivity contribution in [2.75, 3.05) is 0 Å². The van der Waals surface area contributed by atoms with E-state index in [-0.39, 0.29) is 11.5 Å². The van der Waals surface area contributed by atoms with Gasteiger partial charge < -0.3 is 10.8 Å². The monoisotopic (exact) mass is 215 g/mol. The van der Waals surface area contributed by atoms with Gasteiger partial charge in [0.15, 0.2) is 5.78 Å². The number of phenolic OH excluding ortho intramolecular Hbond substituents is 1. The Kier molecular flexibility index (Phi) is 2.88. The predicted molar refractivity (Wildman–Crippen MR) is 62.8 cm³/mol. The highest BCUT2D eigenvalue weighted by Crippen LogP contribution is 2.23. The maximum absolute atomic E-state index is 11.4. The van der Waals surface area contributed by atoms with E-state index in [1.54, 1.807) is 30.4 Å². The van der Waals surface area contributed by atoms with Gasteiger partial charge in [0.2, 0.25) is 0 Å². The standard InChI is InChI=1S/C13H13NO2/c14-13-10(5-3-7-12(13)16)8-9-4-1-2-6-11(9)15/h1-4,6-8,13,15H,5,14H2. The number of hydrogen-bond donors (Lipinski definition) is 2. The summed E-state index contributed by atoms with van der Waals surface area (Å²) in [6.45, 7) is 0. The van der Waals surface area contributed by atoms with Crippen molar-refractivity contribution < 1.29 is 9.90 Å². The van der Waals surface area contributed by atoms with Crippen LogP contribution in [0.4, 0.5) is 0 Å². The highest BCUT2D eigenvalue weighted by Gasteiger charge is 2.18. The molecule has 1 aliphatic rings. The first kappa shape index (κ1) is 10.6. The van der Waals surface area contributed by atoms with E-state index in [9.17, 15) is 9.90 Å². The molecule has 0 bridgehead atoms. The van der Waals surface area contributed by atoms with Crippen molar-refractivity contribution in [1.82, 2.24) is 0 Å². The smallest absolute Gasteiger partial charge is 0.176 e. The molecule has 1 atom stereocenters. The van der Waals surface area contributed by atoms with Crippen molar-refractivity contribution in [1.29, 1.82) is 0 Å². The first-order valence-corrected chi connectivity index (χ1v) is 5.13. The SMILES string of the molecule is NC1C(=O)C=CCC1=Cc1ccccc1O. The number of ketones is 1. The van der Waals surface area contributed by atoms with Gasteiger partial charge in [0.05, 0.1) is 6.04 Å². The lowest BCUT2D eigenvalue weighted by Gasteiger charge is -2.16. The van der Waals surface area contributed by atoms with Crippen LogP contribution >= 0.6 is 0 Å².